The number of rotatable bonds is 6. The average molecular weight is 313 g/mol. The summed E-state index contributed by atoms with van der Waals surface area (Å²) in [5.41, 5.74) is 6.75. The molecule has 1 aromatic carbocycles. The number of hydrogen-bond acceptors (Lipinski definition) is 2. The van der Waals surface area contributed by atoms with Crippen LogP contribution in [0.2, 0.25) is 0 Å². The molecule has 3 N–H and O–H groups in total. The van der Waals surface area contributed by atoms with Gasteiger partial charge in [0.25, 0.3) is 0 Å². The molecule has 0 saturated carbocycles. The maximum atomic E-state index is 11.7. The summed E-state index contributed by atoms with van der Waals surface area (Å²) in [5.74, 6) is 0.0801. The van der Waals surface area contributed by atoms with Crippen LogP contribution in [-0.2, 0) is 11.2 Å². The molecule has 18 heavy (non-hydrogen) atoms. The van der Waals surface area contributed by atoms with Crippen LogP contribution >= 0.6 is 15.9 Å². The molecule has 1 amide bonds. The van der Waals surface area contributed by atoms with Gasteiger partial charge in [-0.3, -0.25) is 4.79 Å². The molecule has 3 nitrogen and oxygen atoms in total. The zero-order valence-corrected chi connectivity index (χ0v) is 12.6. The van der Waals surface area contributed by atoms with Crippen molar-refractivity contribution in [2.45, 2.75) is 26.7 Å². The Kier molecular flexibility index (Phi) is 5.82. The molecule has 0 heterocycles. The van der Waals surface area contributed by atoms with Crippen LogP contribution in [0.15, 0.2) is 28.7 Å². The molecule has 0 spiro atoms. The van der Waals surface area contributed by atoms with E-state index in [0.717, 1.165) is 16.5 Å². The Morgan fingerprint density at radius 3 is 2.78 bits per heavy atom. The quantitative estimate of drug-likeness (QED) is 0.848. The Morgan fingerprint density at radius 2 is 2.17 bits per heavy atom. The van der Waals surface area contributed by atoms with Gasteiger partial charge in [-0.15, -0.1) is 0 Å². The minimum atomic E-state index is -0.0363. The lowest BCUT2D eigenvalue weighted by Crippen LogP contribution is -2.38. The fourth-order valence-electron chi connectivity index (χ4n) is 1.45. The summed E-state index contributed by atoms with van der Waals surface area (Å²) in [6, 6.07) is 8.03. The van der Waals surface area contributed by atoms with Crippen molar-refractivity contribution in [1.82, 2.24) is 5.32 Å². The molecule has 0 aliphatic carbocycles. The third kappa shape index (κ3) is 5.65. The average Bonchev–Trinajstić information content (AvgIpc) is 2.34. The van der Waals surface area contributed by atoms with E-state index in [-0.39, 0.29) is 11.3 Å². The number of amides is 1. The second-order valence-corrected chi connectivity index (χ2v) is 6.19. The van der Waals surface area contributed by atoms with E-state index in [9.17, 15) is 4.79 Å². The van der Waals surface area contributed by atoms with Crippen molar-refractivity contribution < 1.29 is 4.79 Å². The molecule has 0 aliphatic heterocycles. The minimum absolute atomic E-state index is 0.0363. The Labute approximate surface area is 117 Å². The highest BCUT2D eigenvalue weighted by Gasteiger charge is 2.16. The Hall–Kier alpha value is -0.870. The third-order valence-electron chi connectivity index (χ3n) is 2.85. The Bertz CT molecular complexity index is 405. The van der Waals surface area contributed by atoms with Crippen molar-refractivity contribution in [1.29, 1.82) is 0 Å². The van der Waals surface area contributed by atoms with Gasteiger partial charge in [-0.2, -0.15) is 0 Å². The van der Waals surface area contributed by atoms with E-state index >= 15 is 0 Å². The first-order valence-electron chi connectivity index (χ1n) is 6.14. The van der Waals surface area contributed by atoms with Crippen LogP contribution in [0, 0.1) is 5.41 Å². The first-order valence-corrected chi connectivity index (χ1v) is 6.93. The first kappa shape index (κ1) is 15.2. The summed E-state index contributed by atoms with van der Waals surface area (Å²) in [6.07, 6.45) is 1.27. The molecule has 0 fully saturated rings. The van der Waals surface area contributed by atoms with Crippen LogP contribution in [0.5, 0.6) is 0 Å². The highest BCUT2D eigenvalue weighted by atomic mass is 79.9. The minimum Gasteiger partial charge on any atom is -0.356 e. The van der Waals surface area contributed by atoms with Gasteiger partial charge in [0, 0.05) is 17.4 Å². The molecule has 1 rings (SSSR count). The standard InChI is InChI=1S/C14H21BrN2O/c1-14(2,9-16)10-17-13(18)7-6-11-4-3-5-12(15)8-11/h3-5,8H,6-7,9-10,16H2,1-2H3,(H,17,18). The number of nitrogens with one attached hydrogen (secondary N) is 1. The summed E-state index contributed by atoms with van der Waals surface area (Å²) in [7, 11) is 0. The Morgan fingerprint density at radius 1 is 1.44 bits per heavy atom. The summed E-state index contributed by atoms with van der Waals surface area (Å²) >= 11 is 3.42. The Balaban J connectivity index is 2.34. The van der Waals surface area contributed by atoms with Gasteiger partial charge < -0.3 is 11.1 Å². The lowest BCUT2D eigenvalue weighted by Gasteiger charge is -2.22. The van der Waals surface area contributed by atoms with E-state index in [4.69, 9.17) is 5.73 Å². The van der Waals surface area contributed by atoms with E-state index < -0.39 is 0 Å². The van der Waals surface area contributed by atoms with Gasteiger partial charge >= 0.3 is 0 Å². The van der Waals surface area contributed by atoms with E-state index in [1.54, 1.807) is 0 Å². The lowest BCUT2D eigenvalue weighted by molar-refractivity contribution is -0.121. The van der Waals surface area contributed by atoms with Crippen LogP contribution in [0.4, 0.5) is 0 Å². The molecule has 0 radical (unpaired) electrons. The summed E-state index contributed by atoms with van der Waals surface area (Å²) in [4.78, 5) is 11.7. The summed E-state index contributed by atoms with van der Waals surface area (Å²) < 4.78 is 1.05. The van der Waals surface area contributed by atoms with Crippen LogP contribution < -0.4 is 11.1 Å². The van der Waals surface area contributed by atoms with Crippen molar-refractivity contribution in [2.24, 2.45) is 11.1 Å². The van der Waals surface area contributed by atoms with Crippen LogP contribution in [0.3, 0.4) is 0 Å². The summed E-state index contributed by atoms with van der Waals surface area (Å²) in [5, 5.41) is 2.93. The normalized spacial score (nSPS) is 11.3. The number of benzene rings is 1. The molecule has 0 aliphatic rings. The second kappa shape index (κ2) is 6.90. The fraction of sp³-hybridized carbons (Fsp3) is 0.500. The molecule has 0 unspecified atom stereocenters. The highest BCUT2D eigenvalue weighted by molar-refractivity contribution is 9.10. The summed E-state index contributed by atoms with van der Waals surface area (Å²) in [6.45, 7) is 5.28. The van der Waals surface area contributed by atoms with Gasteiger partial charge in [0.15, 0.2) is 0 Å². The van der Waals surface area contributed by atoms with Gasteiger partial charge in [0.2, 0.25) is 5.91 Å². The largest absolute Gasteiger partial charge is 0.356 e. The van der Waals surface area contributed by atoms with E-state index in [0.29, 0.717) is 19.5 Å². The second-order valence-electron chi connectivity index (χ2n) is 5.27. The fourth-order valence-corrected chi connectivity index (χ4v) is 1.90. The molecule has 1 aromatic rings. The SMILES string of the molecule is CC(C)(CN)CNC(=O)CCc1cccc(Br)c1. The molecular formula is C14H21BrN2O. The van der Waals surface area contributed by atoms with Gasteiger partial charge in [0.05, 0.1) is 0 Å². The number of aryl methyl sites for hydroxylation is 1. The number of carbonyl (C=O) groups excluding carboxylic acids is 1. The van der Waals surface area contributed by atoms with E-state index in [1.807, 2.05) is 38.1 Å². The van der Waals surface area contributed by atoms with Crippen LogP contribution in [0.1, 0.15) is 25.8 Å². The number of nitrogens with two attached hydrogens (primary N) is 1. The lowest BCUT2D eigenvalue weighted by atomic mass is 9.94. The van der Waals surface area contributed by atoms with Crippen molar-refractivity contribution >= 4 is 21.8 Å². The first-order chi connectivity index (χ1) is 8.43. The van der Waals surface area contributed by atoms with E-state index in [2.05, 4.69) is 21.2 Å². The van der Waals surface area contributed by atoms with Gasteiger partial charge in [-0.25, -0.2) is 0 Å². The molecule has 4 heteroatoms. The maximum absolute atomic E-state index is 11.7. The van der Waals surface area contributed by atoms with Crippen molar-refractivity contribution in [3.63, 3.8) is 0 Å². The van der Waals surface area contributed by atoms with Gasteiger partial charge in [0.1, 0.15) is 0 Å². The van der Waals surface area contributed by atoms with Crippen LogP contribution in [-0.4, -0.2) is 19.0 Å². The predicted octanol–water partition coefficient (Wildman–Crippen LogP) is 2.48. The highest BCUT2D eigenvalue weighted by Crippen LogP contribution is 2.13. The molecule has 0 bridgehead atoms. The molecule has 0 saturated heterocycles. The molecule has 100 valence electrons. The van der Waals surface area contributed by atoms with Crippen molar-refractivity contribution in [2.75, 3.05) is 13.1 Å². The molecule has 0 atom stereocenters. The topological polar surface area (TPSA) is 55.1 Å². The van der Waals surface area contributed by atoms with Crippen LogP contribution in [0.25, 0.3) is 0 Å². The maximum Gasteiger partial charge on any atom is 0.220 e. The number of halogens is 1. The zero-order valence-electron chi connectivity index (χ0n) is 11.0. The molecule has 0 aromatic heterocycles. The molecular weight excluding hydrogens is 292 g/mol. The number of hydrogen-bond donors (Lipinski definition) is 2. The number of carbonyl (C=O) groups is 1. The zero-order chi connectivity index (χ0) is 13.6. The van der Waals surface area contributed by atoms with Gasteiger partial charge in [-0.1, -0.05) is 41.9 Å². The monoisotopic (exact) mass is 312 g/mol. The van der Waals surface area contributed by atoms with Crippen molar-refractivity contribution in [3.05, 3.63) is 34.3 Å². The van der Waals surface area contributed by atoms with Gasteiger partial charge in [-0.05, 0) is 36.1 Å². The van der Waals surface area contributed by atoms with E-state index in [1.165, 1.54) is 0 Å². The van der Waals surface area contributed by atoms with Crippen molar-refractivity contribution in [3.8, 4) is 0 Å². The smallest absolute Gasteiger partial charge is 0.220 e. The predicted molar refractivity (Wildman–Crippen MR) is 78.3 cm³/mol. The third-order valence-corrected chi connectivity index (χ3v) is 3.34.